The number of benzene rings is 2. The molecule has 1 amide bonds. The van der Waals surface area contributed by atoms with Gasteiger partial charge in [-0.3, -0.25) is 4.79 Å². The molecular formula is C22H28N2O5S. The summed E-state index contributed by atoms with van der Waals surface area (Å²) in [5.41, 5.74) is 1.37. The van der Waals surface area contributed by atoms with Crippen molar-refractivity contribution in [3.8, 4) is 5.75 Å². The fourth-order valence-corrected chi connectivity index (χ4v) is 4.15. The summed E-state index contributed by atoms with van der Waals surface area (Å²) in [6.45, 7) is 5.41. The Labute approximate surface area is 178 Å². The van der Waals surface area contributed by atoms with Crippen molar-refractivity contribution >= 4 is 27.7 Å². The molecule has 0 bridgehead atoms. The Hall–Kier alpha value is -2.68. The highest BCUT2D eigenvalue weighted by atomic mass is 32.2. The average Bonchev–Trinajstić information content (AvgIpc) is 2.75. The third kappa shape index (κ3) is 6.69. The number of amides is 1. The van der Waals surface area contributed by atoms with Crippen LogP contribution < -0.4 is 10.1 Å². The molecule has 2 aromatic rings. The number of methoxy groups -OCH3 is 1. The van der Waals surface area contributed by atoms with Crippen molar-refractivity contribution in [1.82, 2.24) is 4.31 Å². The summed E-state index contributed by atoms with van der Waals surface area (Å²) in [5.74, 6) is 0.406. The third-order valence-electron chi connectivity index (χ3n) is 4.33. The van der Waals surface area contributed by atoms with E-state index in [0.717, 1.165) is 5.56 Å². The number of hydrogen-bond donors (Lipinski definition) is 1. The molecule has 0 spiro atoms. The van der Waals surface area contributed by atoms with E-state index in [9.17, 15) is 13.2 Å². The predicted molar refractivity (Wildman–Crippen MR) is 118 cm³/mol. The maximum atomic E-state index is 12.5. The molecule has 0 atom stereocenters. The van der Waals surface area contributed by atoms with E-state index >= 15 is 0 Å². The van der Waals surface area contributed by atoms with Crippen LogP contribution in [0.2, 0.25) is 0 Å². The van der Waals surface area contributed by atoms with Crippen LogP contribution in [-0.4, -0.2) is 52.0 Å². The van der Waals surface area contributed by atoms with Crippen molar-refractivity contribution in [1.29, 1.82) is 0 Å². The highest BCUT2D eigenvalue weighted by Gasteiger charge is 2.20. The maximum Gasteiger partial charge on any atom is 0.248 e. The second kappa shape index (κ2) is 11.5. The minimum Gasteiger partial charge on any atom is -0.491 e. The number of nitrogens with one attached hydrogen (secondary N) is 1. The van der Waals surface area contributed by atoms with E-state index in [1.165, 1.54) is 10.4 Å². The monoisotopic (exact) mass is 432 g/mol. The highest BCUT2D eigenvalue weighted by Crippen LogP contribution is 2.18. The van der Waals surface area contributed by atoms with E-state index in [2.05, 4.69) is 5.32 Å². The van der Waals surface area contributed by atoms with Crippen molar-refractivity contribution in [2.24, 2.45) is 0 Å². The molecule has 0 saturated heterocycles. The van der Waals surface area contributed by atoms with Crippen LogP contribution in [-0.2, 0) is 19.6 Å². The molecule has 30 heavy (non-hydrogen) atoms. The van der Waals surface area contributed by atoms with Crippen LogP contribution in [0.3, 0.4) is 0 Å². The zero-order valence-electron chi connectivity index (χ0n) is 17.5. The lowest BCUT2D eigenvalue weighted by Gasteiger charge is -2.18. The van der Waals surface area contributed by atoms with Crippen LogP contribution in [0.1, 0.15) is 19.4 Å². The molecule has 0 unspecified atom stereocenters. The van der Waals surface area contributed by atoms with E-state index < -0.39 is 10.0 Å². The lowest BCUT2D eigenvalue weighted by Crippen LogP contribution is -2.30. The first-order valence-corrected chi connectivity index (χ1v) is 11.2. The second-order valence-electron chi connectivity index (χ2n) is 6.35. The van der Waals surface area contributed by atoms with Gasteiger partial charge in [-0.15, -0.1) is 0 Å². The number of hydrogen-bond acceptors (Lipinski definition) is 5. The number of ether oxygens (including phenoxy) is 2. The van der Waals surface area contributed by atoms with Gasteiger partial charge in [0.05, 0.1) is 11.5 Å². The zero-order chi connectivity index (χ0) is 22.0. The van der Waals surface area contributed by atoms with Crippen LogP contribution in [0, 0.1) is 0 Å². The molecule has 8 heteroatoms. The Morgan fingerprint density at radius 3 is 2.20 bits per heavy atom. The van der Waals surface area contributed by atoms with Crippen molar-refractivity contribution in [2.45, 2.75) is 18.7 Å². The van der Waals surface area contributed by atoms with E-state index in [0.29, 0.717) is 37.7 Å². The van der Waals surface area contributed by atoms with Gasteiger partial charge in [-0.25, -0.2) is 8.42 Å². The smallest absolute Gasteiger partial charge is 0.248 e. The van der Waals surface area contributed by atoms with E-state index in [1.807, 2.05) is 0 Å². The zero-order valence-corrected chi connectivity index (χ0v) is 18.3. The van der Waals surface area contributed by atoms with Crippen molar-refractivity contribution in [2.75, 3.05) is 38.7 Å². The molecule has 2 aromatic carbocycles. The van der Waals surface area contributed by atoms with Gasteiger partial charge in [-0.2, -0.15) is 4.31 Å². The Morgan fingerprint density at radius 2 is 1.63 bits per heavy atom. The SMILES string of the molecule is CCN(CC)S(=O)(=O)c1ccc(/C=C/C(=O)Nc2ccc(OCCOC)cc2)cc1. The van der Waals surface area contributed by atoms with Gasteiger partial charge in [-0.05, 0) is 48.0 Å². The van der Waals surface area contributed by atoms with E-state index in [1.54, 1.807) is 75.6 Å². The van der Waals surface area contributed by atoms with Gasteiger partial charge in [0, 0.05) is 32.0 Å². The fraction of sp³-hybridized carbons (Fsp3) is 0.318. The number of nitrogens with zero attached hydrogens (tertiary/aromatic N) is 1. The molecule has 0 fully saturated rings. The summed E-state index contributed by atoms with van der Waals surface area (Å²) in [7, 11) is -1.88. The molecule has 7 nitrogen and oxygen atoms in total. The summed E-state index contributed by atoms with van der Waals surface area (Å²) in [6.07, 6.45) is 3.03. The van der Waals surface area contributed by atoms with Gasteiger partial charge in [0.15, 0.2) is 0 Å². The number of sulfonamides is 1. The van der Waals surface area contributed by atoms with Crippen LogP contribution in [0.25, 0.3) is 6.08 Å². The summed E-state index contributed by atoms with van der Waals surface area (Å²) < 4.78 is 36.8. The Morgan fingerprint density at radius 1 is 1.00 bits per heavy atom. The number of anilines is 1. The summed E-state index contributed by atoms with van der Waals surface area (Å²) in [5, 5.41) is 2.76. The van der Waals surface area contributed by atoms with Gasteiger partial charge >= 0.3 is 0 Å². The first-order chi connectivity index (χ1) is 14.4. The Kier molecular flexibility index (Phi) is 9.04. The summed E-state index contributed by atoms with van der Waals surface area (Å²) >= 11 is 0. The summed E-state index contributed by atoms with van der Waals surface area (Å²) in [4.78, 5) is 12.4. The largest absolute Gasteiger partial charge is 0.491 e. The second-order valence-corrected chi connectivity index (χ2v) is 8.28. The number of carbonyl (C=O) groups excluding carboxylic acids is 1. The molecule has 0 aliphatic rings. The van der Waals surface area contributed by atoms with Crippen molar-refractivity contribution in [3.63, 3.8) is 0 Å². The lowest BCUT2D eigenvalue weighted by molar-refractivity contribution is -0.111. The molecule has 0 saturated carbocycles. The fourth-order valence-electron chi connectivity index (χ4n) is 2.70. The third-order valence-corrected chi connectivity index (χ3v) is 6.39. The number of carbonyl (C=O) groups is 1. The first-order valence-electron chi connectivity index (χ1n) is 9.71. The Bertz CT molecular complexity index is 934. The maximum absolute atomic E-state index is 12.5. The van der Waals surface area contributed by atoms with E-state index in [4.69, 9.17) is 9.47 Å². The van der Waals surface area contributed by atoms with E-state index in [-0.39, 0.29) is 10.8 Å². The highest BCUT2D eigenvalue weighted by molar-refractivity contribution is 7.89. The normalized spacial score (nSPS) is 11.7. The minimum absolute atomic E-state index is 0.237. The van der Waals surface area contributed by atoms with Crippen LogP contribution >= 0.6 is 0 Å². The topological polar surface area (TPSA) is 84.9 Å². The van der Waals surface area contributed by atoms with Crippen LogP contribution in [0.4, 0.5) is 5.69 Å². The minimum atomic E-state index is -3.49. The van der Waals surface area contributed by atoms with Gasteiger partial charge in [0.2, 0.25) is 15.9 Å². The number of rotatable bonds is 11. The molecule has 0 radical (unpaired) electrons. The quantitative estimate of drug-likeness (QED) is 0.435. The van der Waals surface area contributed by atoms with Gasteiger partial charge in [0.1, 0.15) is 12.4 Å². The first kappa shape index (κ1) is 23.6. The van der Waals surface area contributed by atoms with Gasteiger partial charge in [-0.1, -0.05) is 26.0 Å². The van der Waals surface area contributed by atoms with Crippen LogP contribution in [0.5, 0.6) is 5.75 Å². The van der Waals surface area contributed by atoms with Gasteiger partial charge < -0.3 is 14.8 Å². The molecule has 2 rings (SSSR count). The average molecular weight is 433 g/mol. The predicted octanol–water partition coefficient (Wildman–Crippen LogP) is 3.39. The molecular weight excluding hydrogens is 404 g/mol. The van der Waals surface area contributed by atoms with Crippen LogP contribution in [0.15, 0.2) is 59.5 Å². The molecule has 0 aromatic heterocycles. The summed E-state index contributed by atoms with van der Waals surface area (Å²) in [6, 6.07) is 13.5. The van der Waals surface area contributed by atoms with Crippen molar-refractivity contribution in [3.05, 3.63) is 60.2 Å². The molecule has 1 N–H and O–H groups in total. The Balaban J connectivity index is 1.95. The standard InChI is InChI=1S/C22H28N2O5S/c1-4-24(5-2)30(26,27)21-13-6-18(7-14-21)8-15-22(25)23-19-9-11-20(12-10-19)29-17-16-28-3/h6-15H,4-5,16-17H2,1-3H3,(H,23,25)/b15-8+. The van der Waals surface area contributed by atoms with Gasteiger partial charge in [0.25, 0.3) is 0 Å². The molecule has 0 aliphatic carbocycles. The molecule has 162 valence electrons. The molecule has 0 heterocycles. The van der Waals surface area contributed by atoms with Crippen molar-refractivity contribution < 1.29 is 22.7 Å². The molecule has 0 aliphatic heterocycles. The lowest BCUT2D eigenvalue weighted by atomic mass is 10.2.